The molecule has 2 aromatic rings. The first-order valence-electron chi connectivity index (χ1n) is 8.43. The fourth-order valence-electron chi connectivity index (χ4n) is 3.16. The summed E-state index contributed by atoms with van der Waals surface area (Å²) in [5, 5.41) is 0. The molecule has 0 amide bonds. The molecule has 3 rings (SSSR count). The minimum atomic E-state index is -0.904. The molecule has 2 N–H and O–H groups in total. The van der Waals surface area contributed by atoms with Gasteiger partial charge in [-0.05, 0) is 6.42 Å². The lowest BCUT2D eigenvalue weighted by Crippen LogP contribution is -2.31. The number of aromatic nitrogens is 3. The van der Waals surface area contributed by atoms with Gasteiger partial charge in [0, 0.05) is 20.3 Å². The molecule has 0 spiro atoms. The van der Waals surface area contributed by atoms with Gasteiger partial charge in [0.2, 0.25) is 5.95 Å². The lowest BCUT2D eigenvalue weighted by molar-refractivity contribution is -0.158. The van der Waals surface area contributed by atoms with Crippen LogP contribution in [-0.2, 0) is 23.8 Å². The second-order valence-electron chi connectivity index (χ2n) is 6.16. The number of ether oxygens (including phenoxy) is 3. The number of anilines is 1. The van der Waals surface area contributed by atoms with Gasteiger partial charge in [-0.15, -0.1) is 0 Å². The topological polar surface area (TPSA) is 136 Å². The zero-order valence-corrected chi connectivity index (χ0v) is 15.9. The molecule has 3 heterocycles. The van der Waals surface area contributed by atoms with Crippen LogP contribution in [0.4, 0.5) is 5.95 Å². The van der Waals surface area contributed by atoms with E-state index < -0.39 is 36.5 Å². The average molecular weight is 396 g/mol. The number of hydrogen-bond acceptors (Lipinski definition) is 10. The maximum atomic E-state index is 12.6. The molecule has 0 aromatic carbocycles. The molecule has 27 heavy (non-hydrogen) atoms. The summed E-state index contributed by atoms with van der Waals surface area (Å²) >= 11 is 0.942. The highest BCUT2D eigenvalue weighted by Crippen LogP contribution is 2.36. The van der Waals surface area contributed by atoms with Crippen LogP contribution in [0.5, 0.6) is 0 Å². The standard InChI is InChI=1S/C16H20N4O6S/c1-4-9(24-7(2)21)10-5-11(25-8(3)22)14(26-10)20-13-12(27-16(20)23)6-18-15(17)19-13/h6,9-11,14H,4-5H2,1-3H3,(H2,17,18,19)/t9?,10-,11+,14+/m0/s1. The molecule has 4 atom stereocenters. The number of nitrogens with two attached hydrogens (primary N) is 1. The van der Waals surface area contributed by atoms with Gasteiger partial charge < -0.3 is 19.9 Å². The number of carbonyl (C=O) groups excluding carboxylic acids is 2. The average Bonchev–Trinajstić information content (AvgIpc) is 3.11. The molecule has 0 radical (unpaired) electrons. The summed E-state index contributed by atoms with van der Waals surface area (Å²) in [5.41, 5.74) is 5.96. The van der Waals surface area contributed by atoms with Gasteiger partial charge in [0.25, 0.3) is 0 Å². The van der Waals surface area contributed by atoms with E-state index >= 15 is 0 Å². The third-order valence-electron chi connectivity index (χ3n) is 4.18. The zero-order chi connectivity index (χ0) is 19.7. The molecule has 0 bridgehead atoms. The molecule has 146 valence electrons. The fraction of sp³-hybridized carbons (Fsp3) is 0.562. The number of rotatable bonds is 5. The largest absolute Gasteiger partial charge is 0.460 e. The molecular weight excluding hydrogens is 376 g/mol. The van der Waals surface area contributed by atoms with Crippen LogP contribution in [0, 0.1) is 0 Å². The van der Waals surface area contributed by atoms with Crippen molar-refractivity contribution in [3.05, 3.63) is 15.9 Å². The van der Waals surface area contributed by atoms with Crippen LogP contribution in [0.15, 0.2) is 11.0 Å². The van der Waals surface area contributed by atoms with Gasteiger partial charge in [-0.3, -0.25) is 19.0 Å². The van der Waals surface area contributed by atoms with Crippen molar-refractivity contribution >= 4 is 39.6 Å². The second-order valence-corrected chi connectivity index (χ2v) is 7.15. The summed E-state index contributed by atoms with van der Waals surface area (Å²) in [5.74, 6) is -0.924. The molecule has 1 aliphatic heterocycles. The summed E-state index contributed by atoms with van der Waals surface area (Å²) in [6.07, 6.45) is -0.442. The Labute approximate surface area is 158 Å². The first-order valence-corrected chi connectivity index (χ1v) is 9.25. The van der Waals surface area contributed by atoms with Gasteiger partial charge in [0.1, 0.15) is 18.3 Å². The number of esters is 2. The predicted molar refractivity (Wildman–Crippen MR) is 96.0 cm³/mol. The highest BCUT2D eigenvalue weighted by molar-refractivity contribution is 7.16. The van der Waals surface area contributed by atoms with Gasteiger partial charge in [-0.2, -0.15) is 4.98 Å². The highest BCUT2D eigenvalue weighted by atomic mass is 32.1. The van der Waals surface area contributed by atoms with Crippen molar-refractivity contribution in [2.75, 3.05) is 5.73 Å². The number of nitrogens with zero attached hydrogens (tertiary/aromatic N) is 3. The van der Waals surface area contributed by atoms with Gasteiger partial charge in [-0.25, -0.2) is 4.98 Å². The van der Waals surface area contributed by atoms with E-state index in [1.807, 2.05) is 6.92 Å². The van der Waals surface area contributed by atoms with Crippen molar-refractivity contribution in [3.63, 3.8) is 0 Å². The summed E-state index contributed by atoms with van der Waals surface area (Å²) in [7, 11) is 0. The molecule has 1 unspecified atom stereocenters. The SMILES string of the molecule is CCC(OC(C)=O)[C@@H]1C[C@@H](OC(C)=O)[C@H](n2c(=O)sc3cnc(N)nc32)O1. The molecule has 0 saturated carbocycles. The second kappa shape index (κ2) is 7.61. The van der Waals surface area contributed by atoms with Crippen molar-refractivity contribution in [3.8, 4) is 0 Å². The maximum absolute atomic E-state index is 12.6. The van der Waals surface area contributed by atoms with Crippen LogP contribution in [0.25, 0.3) is 10.3 Å². The van der Waals surface area contributed by atoms with E-state index in [0.29, 0.717) is 16.8 Å². The zero-order valence-electron chi connectivity index (χ0n) is 15.1. The summed E-state index contributed by atoms with van der Waals surface area (Å²) in [6, 6.07) is 0. The lowest BCUT2D eigenvalue weighted by Gasteiger charge is -2.22. The normalized spacial score (nSPS) is 23.3. The Hall–Kier alpha value is -2.53. The third kappa shape index (κ3) is 3.93. The summed E-state index contributed by atoms with van der Waals surface area (Å²) in [4.78, 5) is 43.1. The summed E-state index contributed by atoms with van der Waals surface area (Å²) < 4.78 is 18.5. The number of hydrogen-bond donors (Lipinski definition) is 1. The molecule has 1 aliphatic rings. The Morgan fingerprint density at radius 3 is 2.81 bits per heavy atom. The Kier molecular flexibility index (Phi) is 5.42. The van der Waals surface area contributed by atoms with Crippen molar-refractivity contribution in [1.82, 2.24) is 14.5 Å². The molecule has 2 aromatic heterocycles. The number of fused-ring (bicyclic) bond motifs is 1. The molecular formula is C16H20N4O6S. The molecule has 0 aliphatic carbocycles. The number of thiazole rings is 1. The number of carbonyl (C=O) groups is 2. The first kappa shape index (κ1) is 19.2. The van der Waals surface area contributed by atoms with Crippen molar-refractivity contribution in [1.29, 1.82) is 0 Å². The van der Waals surface area contributed by atoms with Crippen LogP contribution in [0.3, 0.4) is 0 Å². The predicted octanol–water partition coefficient (Wildman–Crippen LogP) is 0.996. The minimum Gasteiger partial charge on any atom is -0.460 e. The van der Waals surface area contributed by atoms with Crippen molar-refractivity contribution in [2.24, 2.45) is 0 Å². The van der Waals surface area contributed by atoms with E-state index in [0.717, 1.165) is 11.3 Å². The third-order valence-corrected chi connectivity index (χ3v) is 5.06. The fourth-order valence-corrected chi connectivity index (χ4v) is 3.98. The van der Waals surface area contributed by atoms with Crippen LogP contribution >= 0.6 is 11.3 Å². The van der Waals surface area contributed by atoms with Crippen molar-refractivity contribution < 1.29 is 23.8 Å². The van der Waals surface area contributed by atoms with Crippen LogP contribution in [0.1, 0.15) is 39.8 Å². The van der Waals surface area contributed by atoms with E-state index in [4.69, 9.17) is 19.9 Å². The van der Waals surface area contributed by atoms with Crippen LogP contribution < -0.4 is 10.6 Å². The lowest BCUT2D eigenvalue weighted by atomic mass is 10.1. The Morgan fingerprint density at radius 1 is 1.44 bits per heavy atom. The smallest absolute Gasteiger partial charge is 0.311 e. The molecule has 11 heteroatoms. The van der Waals surface area contributed by atoms with E-state index in [1.165, 1.54) is 24.6 Å². The molecule has 1 fully saturated rings. The van der Waals surface area contributed by atoms with E-state index in [9.17, 15) is 14.4 Å². The quantitative estimate of drug-likeness (QED) is 0.734. The Balaban J connectivity index is 2.00. The van der Waals surface area contributed by atoms with E-state index in [1.54, 1.807) is 0 Å². The van der Waals surface area contributed by atoms with E-state index in [-0.39, 0.29) is 17.2 Å². The first-order chi connectivity index (χ1) is 12.8. The van der Waals surface area contributed by atoms with E-state index in [2.05, 4.69) is 9.97 Å². The van der Waals surface area contributed by atoms with Gasteiger partial charge in [0.15, 0.2) is 11.9 Å². The van der Waals surface area contributed by atoms with Gasteiger partial charge in [0.05, 0.1) is 10.9 Å². The van der Waals surface area contributed by atoms with Crippen LogP contribution in [0.2, 0.25) is 0 Å². The van der Waals surface area contributed by atoms with Crippen molar-refractivity contribution in [2.45, 2.75) is 58.2 Å². The molecule has 10 nitrogen and oxygen atoms in total. The minimum absolute atomic E-state index is 0.0129. The number of nitrogen functional groups attached to an aromatic ring is 1. The Bertz CT molecular complexity index is 925. The maximum Gasteiger partial charge on any atom is 0.311 e. The Morgan fingerprint density at radius 2 is 2.19 bits per heavy atom. The highest BCUT2D eigenvalue weighted by Gasteiger charge is 2.44. The van der Waals surface area contributed by atoms with Gasteiger partial charge >= 0.3 is 16.8 Å². The monoisotopic (exact) mass is 396 g/mol. The summed E-state index contributed by atoms with van der Waals surface area (Å²) in [6.45, 7) is 4.45. The van der Waals surface area contributed by atoms with Crippen LogP contribution in [-0.4, -0.2) is 44.8 Å². The molecule has 1 saturated heterocycles. The van der Waals surface area contributed by atoms with Gasteiger partial charge in [-0.1, -0.05) is 18.3 Å².